The molecule has 0 bridgehead atoms. The fourth-order valence-corrected chi connectivity index (χ4v) is 3.32. The quantitative estimate of drug-likeness (QED) is 0.791. The van der Waals surface area contributed by atoms with Crippen molar-refractivity contribution in [2.24, 2.45) is 0 Å². The van der Waals surface area contributed by atoms with Crippen LogP contribution in [0, 0.1) is 6.92 Å². The predicted octanol–water partition coefficient (Wildman–Crippen LogP) is 5.12. The molecule has 0 spiro atoms. The van der Waals surface area contributed by atoms with Gasteiger partial charge in [0.15, 0.2) is 0 Å². The summed E-state index contributed by atoms with van der Waals surface area (Å²) in [6, 6.07) is 12.2. The molecule has 0 aromatic heterocycles. The molecule has 0 saturated heterocycles. The Morgan fingerprint density at radius 2 is 2.00 bits per heavy atom. The average molecular weight is 369 g/mol. The van der Waals surface area contributed by atoms with E-state index in [1.165, 1.54) is 5.56 Å². The number of hydrogen-bond acceptors (Lipinski definition) is 2. The Labute approximate surface area is 139 Å². The summed E-state index contributed by atoms with van der Waals surface area (Å²) in [4.78, 5) is 0. The Balaban J connectivity index is 2.55. The highest BCUT2D eigenvalue weighted by molar-refractivity contribution is 9.10. The van der Waals surface area contributed by atoms with Gasteiger partial charge < -0.3 is 10.1 Å². The lowest BCUT2D eigenvalue weighted by Crippen LogP contribution is -2.22. The number of ether oxygens (including phenoxy) is 1. The molecule has 2 nitrogen and oxygen atoms in total. The molecule has 0 heterocycles. The molecule has 4 heteroatoms. The number of hydrogen-bond donors (Lipinski definition) is 1. The minimum absolute atomic E-state index is 0.0415. The molecule has 2 rings (SSSR count). The molecule has 0 aliphatic rings. The predicted molar refractivity (Wildman–Crippen MR) is 92.4 cm³/mol. The lowest BCUT2D eigenvalue weighted by Gasteiger charge is -2.22. The molecule has 21 heavy (non-hydrogen) atoms. The summed E-state index contributed by atoms with van der Waals surface area (Å²) in [6.45, 7) is 5.03. The lowest BCUT2D eigenvalue weighted by atomic mass is 9.96. The van der Waals surface area contributed by atoms with Crippen LogP contribution in [0.1, 0.15) is 29.7 Å². The van der Waals surface area contributed by atoms with Crippen molar-refractivity contribution in [2.45, 2.75) is 19.9 Å². The van der Waals surface area contributed by atoms with Crippen LogP contribution in [-0.2, 0) is 0 Å². The monoisotopic (exact) mass is 367 g/mol. The number of rotatable bonds is 5. The van der Waals surface area contributed by atoms with Crippen LogP contribution in [-0.4, -0.2) is 13.7 Å². The Bertz CT molecular complexity index is 610. The largest absolute Gasteiger partial charge is 0.496 e. The van der Waals surface area contributed by atoms with E-state index < -0.39 is 0 Å². The van der Waals surface area contributed by atoms with E-state index in [1.807, 2.05) is 18.2 Å². The van der Waals surface area contributed by atoms with Crippen molar-refractivity contribution in [3.8, 4) is 5.75 Å². The molecule has 0 amide bonds. The summed E-state index contributed by atoms with van der Waals surface area (Å²) in [5, 5.41) is 4.23. The summed E-state index contributed by atoms with van der Waals surface area (Å²) in [7, 11) is 1.70. The van der Waals surface area contributed by atoms with Crippen LogP contribution in [0.2, 0.25) is 5.02 Å². The zero-order valence-electron chi connectivity index (χ0n) is 12.4. The molecule has 0 aliphatic heterocycles. The Morgan fingerprint density at radius 3 is 2.62 bits per heavy atom. The highest BCUT2D eigenvalue weighted by Gasteiger charge is 2.18. The van der Waals surface area contributed by atoms with Crippen LogP contribution in [0.3, 0.4) is 0 Å². The van der Waals surface area contributed by atoms with Gasteiger partial charge in [-0.25, -0.2) is 0 Å². The first-order valence-corrected chi connectivity index (χ1v) is 8.06. The first-order chi connectivity index (χ1) is 10.0. The van der Waals surface area contributed by atoms with Crippen molar-refractivity contribution >= 4 is 27.5 Å². The van der Waals surface area contributed by atoms with E-state index in [0.717, 1.165) is 27.9 Å². The van der Waals surface area contributed by atoms with Gasteiger partial charge in [0.05, 0.1) is 13.2 Å². The molecule has 1 N–H and O–H groups in total. The molecule has 0 saturated carbocycles. The maximum Gasteiger partial charge on any atom is 0.123 e. The molecule has 0 radical (unpaired) electrons. The zero-order chi connectivity index (χ0) is 15.4. The number of nitrogens with one attached hydrogen (secondary N) is 1. The molecular formula is C17H19BrClNO. The maximum absolute atomic E-state index is 6.20. The van der Waals surface area contributed by atoms with Gasteiger partial charge in [-0.2, -0.15) is 0 Å². The molecule has 0 fully saturated rings. The van der Waals surface area contributed by atoms with Gasteiger partial charge in [-0.1, -0.05) is 52.2 Å². The Kier molecular flexibility index (Phi) is 5.68. The Morgan fingerprint density at radius 1 is 1.24 bits per heavy atom. The SMILES string of the molecule is CCNC(c1cc(Cl)cc(Br)c1)c1cc(C)ccc1OC. The van der Waals surface area contributed by atoms with E-state index in [0.29, 0.717) is 5.02 Å². The molecule has 1 unspecified atom stereocenters. The van der Waals surface area contributed by atoms with Crippen molar-refractivity contribution in [3.63, 3.8) is 0 Å². The minimum atomic E-state index is 0.0415. The van der Waals surface area contributed by atoms with Crippen molar-refractivity contribution in [3.05, 3.63) is 62.6 Å². The first kappa shape index (κ1) is 16.3. The summed E-state index contributed by atoms with van der Waals surface area (Å²) in [6.07, 6.45) is 0. The van der Waals surface area contributed by atoms with E-state index in [1.54, 1.807) is 7.11 Å². The van der Waals surface area contributed by atoms with Gasteiger partial charge in [-0.3, -0.25) is 0 Å². The number of methoxy groups -OCH3 is 1. The van der Waals surface area contributed by atoms with Gasteiger partial charge in [0, 0.05) is 15.1 Å². The standard InChI is InChI=1S/C17H19BrClNO/c1-4-20-17(12-8-13(18)10-14(19)9-12)15-7-11(2)5-6-16(15)21-3/h5-10,17,20H,4H2,1-3H3. The van der Waals surface area contributed by atoms with Crippen LogP contribution in [0.5, 0.6) is 5.75 Å². The smallest absolute Gasteiger partial charge is 0.123 e. The van der Waals surface area contributed by atoms with Gasteiger partial charge >= 0.3 is 0 Å². The second kappa shape index (κ2) is 7.30. The molecule has 2 aromatic carbocycles. The number of benzene rings is 2. The third-order valence-electron chi connectivity index (χ3n) is 3.32. The molecule has 2 aromatic rings. The fraction of sp³-hybridized carbons (Fsp3) is 0.294. The van der Waals surface area contributed by atoms with E-state index in [-0.39, 0.29) is 6.04 Å². The maximum atomic E-state index is 6.20. The normalized spacial score (nSPS) is 12.2. The highest BCUT2D eigenvalue weighted by atomic mass is 79.9. The molecular weight excluding hydrogens is 350 g/mol. The van der Waals surface area contributed by atoms with Crippen molar-refractivity contribution in [1.29, 1.82) is 0 Å². The van der Waals surface area contributed by atoms with Gasteiger partial charge in [0.2, 0.25) is 0 Å². The number of aryl methyl sites for hydroxylation is 1. The first-order valence-electron chi connectivity index (χ1n) is 6.89. The molecule has 0 aliphatic carbocycles. The van der Waals surface area contributed by atoms with E-state index in [2.05, 4.69) is 53.3 Å². The van der Waals surface area contributed by atoms with Crippen molar-refractivity contribution < 1.29 is 4.74 Å². The average Bonchev–Trinajstić information content (AvgIpc) is 2.43. The summed E-state index contributed by atoms with van der Waals surface area (Å²) < 4.78 is 6.50. The topological polar surface area (TPSA) is 21.3 Å². The van der Waals surface area contributed by atoms with E-state index >= 15 is 0 Å². The van der Waals surface area contributed by atoms with Gasteiger partial charge in [0.25, 0.3) is 0 Å². The number of halogens is 2. The summed E-state index contributed by atoms with van der Waals surface area (Å²) in [5.41, 5.74) is 3.43. The van der Waals surface area contributed by atoms with Gasteiger partial charge in [-0.15, -0.1) is 0 Å². The summed E-state index contributed by atoms with van der Waals surface area (Å²) >= 11 is 9.71. The molecule has 1 atom stereocenters. The minimum Gasteiger partial charge on any atom is -0.496 e. The third-order valence-corrected chi connectivity index (χ3v) is 4.00. The van der Waals surface area contributed by atoms with Crippen LogP contribution in [0.15, 0.2) is 40.9 Å². The van der Waals surface area contributed by atoms with E-state index in [4.69, 9.17) is 16.3 Å². The van der Waals surface area contributed by atoms with Crippen LogP contribution >= 0.6 is 27.5 Å². The van der Waals surface area contributed by atoms with Crippen molar-refractivity contribution in [1.82, 2.24) is 5.32 Å². The van der Waals surface area contributed by atoms with Gasteiger partial charge in [-0.05, 0) is 43.3 Å². The van der Waals surface area contributed by atoms with Crippen LogP contribution in [0.25, 0.3) is 0 Å². The Hall–Kier alpha value is -1.03. The third kappa shape index (κ3) is 4.00. The highest BCUT2D eigenvalue weighted by Crippen LogP contribution is 2.33. The molecule has 112 valence electrons. The van der Waals surface area contributed by atoms with Crippen LogP contribution in [0.4, 0.5) is 0 Å². The van der Waals surface area contributed by atoms with Gasteiger partial charge in [0.1, 0.15) is 5.75 Å². The zero-order valence-corrected chi connectivity index (χ0v) is 14.8. The van der Waals surface area contributed by atoms with E-state index in [9.17, 15) is 0 Å². The lowest BCUT2D eigenvalue weighted by molar-refractivity contribution is 0.404. The fourth-order valence-electron chi connectivity index (χ4n) is 2.43. The van der Waals surface area contributed by atoms with Crippen LogP contribution < -0.4 is 10.1 Å². The van der Waals surface area contributed by atoms with Crippen molar-refractivity contribution in [2.75, 3.05) is 13.7 Å². The second-order valence-electron chi connectivity index (χ2n) is 4.94. The summed E-state index contributed by atoms with van der Waals surface area (Å²) in [5.74, 6) is 0.877. The second-order valence-corrected chi connectivity index (χ2v) is 6.29.